The summed E-state index contributed by atoms with van der Waals surface area (Å²) < 4.78 is 6.42. The SMILES string of the molecule is c1ccc(-c2ccccc2N(c2ccc(-c3ccc4c(ccc5ccc6ccccc6c54)c3)cc2)c2cccc3cc4c(cc23)oc2ccccc24)cc1. The minimum atomic E-state index is 0.889. The van der Waals surface area contributed by atoms with E-state index in [9.17, 15) is 0 Å². The second kappa shape index (κ2) is 12.2. The predicted octanol–water partition coefficient (Wildman–Crippen LogP) is 15.0. The van der Waals surface area contributed by atoms with Crippen molar-refractivity contribution in [3.05, 3.63) is 200 Å². The monoisotopic (exact) mass is 687 g/mol. The van der Waals surface area contributed by atoms with Crippen molar-refractivity contribution in [2.45, 2.75) is 0 Å². The molecule has 2 heteroatoms. The van der Waals surface area contributed by atoms with Crippen LogP contribution in [0.4, 0.5) is 17.1 Å². The summed E-state index contributed by atoms with van der Waals surface area (Å²) in [6.07, 6.45) is 0. The maximum atomic E-state index is 6.42. The fraction of sp³-hybridized carbons (Fsp3) is 0. The molecule has 0 unspecified atom stereocenters. The van der Waals surface area contributed by atoms with E-state index in [1.54, 1.807) is 0 Å². The van der Waals surface area contributed by atoms with Gasteiger partial charge in [0.05, 0.1) is 11.4 Å². The zero-order chi connectivity index (χ0) is 35.6. The summed E-state index contributed by atoms with van der Waals surface area (Å²) in [4.78, 5) is 2.40. The van der Waals surface area contributed by atoms with Crippen LogP contribution in [0.2, 0.25) is 0 Å². The molecular weight excluding hydrogens is 655 g/mol. The van der Waals surface area contributed by atoms with Crippen LogP contribution in [0.5, 0.6) is 0 Å². The molecule has 0 aliphatic heterocycles. The van der Waals surface area contributed by atoms with Crippen LogP contribution in [0.15, 0.2) is 205 Å². The van der Waals surface area contributed by atoms with Gasteiger partial charge in [0.25, 0.3) is 0 Å². The highest BCUT2D eigenvalue weighted by atomic mass is 16.3. The van der Waals surface area contributed by atoms with Crippen molar-refractivity contribution in [1.29, 1.82) is 0 Å². The molecule has 1 heterocycles. The highest BCUT2D eigenvalue weighted by molar-refractivity contribution is 6.20. The molecule has 54 heavy (non-hydrogen) atoms. The van der Waals surface area contributed by atoms with Gasteiger partial charge in [0.1, 0.15) is 11.2 Å². The van der Waals surface area contributed by atoms with Crippen LogP contribution < -0.4 is 4.90 Å². The van der Waals surface area contributed by atoms with Crippen molar-refractivity contribution < 1.29 is 4.42 Å². The number of hydrogen-bond donors (Lipinski definition) is 0. The summed E-state index contributed by atoms with van der Waals surface area (Å²) in [5, 5.41) is 12.2. The van der Waals surface area contributed by atoms with Gasteiger partial charge >= 0.3 is 0 Å². The van der Waals surface area contributed by atoms with Gasteiger partial charge in [-0.15, -0.1) is 0 Å². The average molecular weight is 688 g/mol. The Morgan fingerprint density at radius 3 is 1.85 bits per heavy atom. The van der Waals surface area contributed by atoms with Crippen LogP contribution in [0.25, 0.3) is 87.3 Å². The topological polar surface area (TPSA) is 16.4 Å². The molecule has 0 radical (unpaired) electrons. The van der Waals surface area contributed by atoms with Crippen LogP contribution in [0.3, 0.4) is 0 Å². The number of furan rings is 1. The molecule has 0 saturated carbocycles. The molecule has 0 N–H and O–H groups in total. The number of anilines is 3. The third kappa shape index (κ3) is 4.88. The van der Waals surface area contributed by atoms with Crippen molar-refractivity contribution >= 4 is 82.1 Å². The third-order valence-electron chi connectivity index (χ3n) is 11.0. The van der Waals surface area contributed by atoms with Gasteiger partial charge in [-0.3, -0.25) is 0 Å². The molecule has 0 atom stereocenters. The summed E-state index contributed by atoms with van der Waals surface area (Å²) in [7, 11) is 0. The maximum absolute atomic E-state index is 6.42. The lowest BCUT2D eigenvalue weighted by molar-refractivity contribution is 0.669. The average Bonchev–Trinajstić information content (AvgIpc) is 3.61. The smallest absolute Gasteiger partial charge is 0.136 e. The number of hydrogen-bond acceptors (Lipinski definition) is 2. The van der Waals surface area contributed by atoms with E-state index in [-0.39, 0.29) is 0 Å². The zero-order valence-electron chi connectivity index (χ0n) is 29.4. The van der Waals surface area contributed by atoms with Gasteiger partial charge < -0.3 is 9.32 Å². The van der Waals surface area contributed by atoms with E-state index in [1.165, 1.54) is 60.0 Å². The first-order chi connectivity index (χ1) is 26.8. The first-order valence-corrected chi connectivity index (χ1v) is 18.5. The van der Waals surface area contributed by atoms with Gasteiger partial charge in [-0.2, -0.15) is 0 Å². The number of para-hydroxylation sites is 2. The Bertz CT molecular complexity index is 3210. The molecule has 252 valence electrons. The quantitative estimate of drug-likeness (QED) is 0.168. The van der Waals surface area contributed by atoms with E-state index in [4.69, 9.17) is 4.42 Å². The van der Waals surface area contributed by atoms with E-state index >= 15 is 0 Å². The van der Waals surface area contributed by atoms with E-state index < -0.39 is 0 Å². The molecule has 0 aliphatic carbocycles. The first-order valence-electron chi connectivity index (χ1n) is 18.5. The molecular formula is C52H33NO. The highest BCUT2D eigenvalue weighted by Gasteiger charge is 2.20. The molecule has 0 spiro atoms. The predicted molar refractivity (Wildman–Crippen MR) is 229 cm³/mol. The van der Waals surface area contributed by atoms with Crippen LogP contribution in [-0.4, -0.2) is 0 Å². The van der Waals surface area contributed by atoms with Crippen LogP contribution in [0.1, 0.15) is 0 Å². The number of rotatable bonds is 5. The molecule has 11 rings (SSSR count). The van der Waals surface area contributed by atoms with Gasteiger partial charge in [-0.25, -0.2) is 0 Å². The van der Waals surface area contributed by atoms with Crippen molar-refractivity contribution in [3.8, 4) is 22.3 Å². The van der Waals surface area contributed by atoms with Crippen molar-refractivity contribution in [3.63, 3.8) is 0 Å². The molecule has 0 amide bonds. The molecule has 10 aromatic carbocycles. The Labute approximate surface area is 312 Å². The van der Waals surface area contributed by atoms with Gasteiger partial charge in [0.2, 0.25) is 0 Å². The Hall–Kier alpha value is -7.16. The Morgan fingerprint density at radius 1 is 0.315 bits per heavy atom. The van der Waals surface area contributed by atoms with Crippen molar-refractivity contribution in [2.75, 3.05) is 4.90 Å². The molecule has 1 aromatic heterocycles. The van der Waals surface area contributed by atoms with Crippen LogP contribution in [0, 0.1) is 0 Å². The number of nitrogens with zero attached hydrogens (tertiary/aromatic N) is 1. The fourth-order valence-corrected chi connectivity index (χ4v) is 8.43. The zero-order valence-corrected chi connectivity index (χ0v) is 29.4. The Kier molecular flexibility index (Phi) is 6.90. The molecule has 0 fully saturated rings. The lowest BCUT2D eigenvalue weighted by Crippen LogP contribution is -2.11. The lowest BCUT2D eigenvalue weighted by Gasteiger charge is -2.29. The van der Waals surface area contributed by atoms with E-state index in [0.29, 0.717) is 0 Å². The normalized spacial score (nSPS) is 11.7. The molecule has 11 aromatic rings. The van der Waals surface area contributed by atoms with Gasteiger partial charge in [-0.1, -0.05) is 152 Å². The largest absolute Gasteiger partial charge is 0.456 e. The molecule has 2 nitrogen and oxygen atoms in total. The van der Waals surface area contributed by atoms with Gasteiger partial charge in [0, 0.05) is 27.4 Å². The van der Waals surface area contributed by atoms with Gasteiger partial charge in [0.15, 0.2) is 0 Å². The van der Waals surface area contributed by atoms with E-state index in [0.717, 1.165) is 44.4 Å². The van der Waals surface area contributed by atoms with Gasteiger partial charge in [-0.05, 0) is 103 Å². The fourth-order valence-electron chi connectivity index (χ4n) is 8.43. The molecule has 0 aliphatic rings. The van der Waals surface area contributed by atoms with Crippen LogP contribution >= 0.6 is 0 Å². The third-order valence-corrected chi connectivity index (χ3v) is 11.0. The first kappa shape index (κ1) is 30.5. The molecule has 0 saturated heterocycles. The summed E-state index contributed by atoms with van der Waals surface area (Å²) in [5.41, 5.74) is 9.79. The number of fused-ring (bicyclic) bond motifs is 9. The van der Waals surface area contributed by atoms with Crippen LogP contribution in [-0.2, 0) is 0 Å². The van der Waals surface area contributed by atoms with E-state index in [1.807, 2.05) is 12.1 Å². The second-order valence-corrected chi connectivity index (χ2v) is 14.1. The van der Waals surface area contributed by atoms with Crippen molar-refractivity contribution in [1.82, 2.24) is 0 Å². The summed E-state index contributed by atoms with van der Waals surface area (Å²) in [5.74, 6) is 0. The lowest BCUT2D eigenvalue weighted by atomic mass is 9.94. The molecule has 0 bridgehead atoms. The standard InChI is InChI=1S/C52H33NO/c1-2-11-35(12-3-1)42-15-6-8-18-48(42)53(49-19-10-14-39-32-47-45-17-7-9-20-50(45)54-51(47)33-46(39)49)41-28-25-34(26-29-41)38-27-30-44-40(31-38)24-23-37-22-21-36-13-4-5-16-43(36)52(37)44/h1-33H. The Morgan fingerprint density at radius 2 is 0.963 bits per heavy atom. The minimum Gasteiger partial charge on any atom is -0.456 e. The van der Waals surface area contributed by atoms with Crippen molar-refractivity contribution in [2.24, 2.45) is 0 Å². The minimum absolute atomic E-state index is 0.889. The number of benzene rings is 10. The maximum Gasteiger partial charge on any atom is 0.136 e. The highest BCUT2D eigenvalue weighted by Crippen LogP contribution is 2.45. The summed E-state index contributed by atoms with van der Waals surface area (Å²) in [6.45, 7) is 0. The Balaban J connectivity index is 1.08. The second-order valence-electron chi connectivity index (χ2n) is 14.1. The van der Waals surface area contributed by atoms with E-state index in [2.05, 4.69) is 193 Å². The summed E-state index contributed by atoms with van der Waals surface area (Å²) >= 11 is 0. The summed E-state index contributed by atoms with van der Waals surface area (Å²) in [6, 6.07) is 72.3.